The molecule has 172 valence electrons. The molecule has 2 aromatic carbocycles. The third-order valence-electron chi connectivity index (χ3n) is 4.86. The number of hydrogen-bond donors (Lipinski definition) is 3. The van der Waals surface area contributed by atoms with Gasteiger partial charge in [0.1, 0.15) is 11.0 Å². The van der Waals surface area contributed by atoms with Crippen molar-refractivity contribution in [2.75, 3.05) is 10.6 Å². The topological polar surface area (TPSA) is 125 Å². The Labute approximate surface area is 196 Å². The molecule has 3 rings (SSSR count). The van der Waals surface area contributed by atoms with Gasteiger partial charge in [0, 0.05) is 23.5 Å². The average molecular weight is 488 g/mol. The standard InChI is InChI=1S/C23H22ClN3O5S/c1-3-20(33(31,32)21-11-8-16(24)13-25-21)23(30)26-17-9-10-18(19(28)12-17)27-22(29)15-6-4-14(2)5-7-15/h4-13,20,28H,3H2,1-2H3,(H,26,30)(H,27,29). The monoisotopic (exact) mass is 487 g/mol. The van der Waals surface area contributed by atoms with Crippen molar-refractivity contribution in [1.29, 1.82) is 0 Å². The number of carbonyl (C=O) groups excluding carboxylic acids is 2. The molecule has 8 nitrogen and oxygen atoms in total. The molecule has 0 radical (unpaired) electrons. The maximum Gasteiger partial charge on any atom is 0.255 e. The van der Waals surface area contributed by atoms with Crippen LogP contribution in [-0.2, 0) is 14.6 Å². The number of phenols is 1. The largest absolute Gasteiger partial charge is 0.506 e. The Morgan fingerprint density at radius 2 is 1.76 bits per heavy atom. The highest BCUT2D eigenvalue weighted by Crippen LogP contribution is 2.28. The number of phenolic OH excluding ortho intramolecular Hbond substituents is 1. The van der Waals surface area contributed by atoms with Gasteiger partial charge in [-0.2, -0.15) is 0 Å². The van der Waals surface area contributed by atoms with Gasteiger partial charge in [0.05, 0.1) is 10.7 Å². The lowest BCUT2D eigenvalue weighted by Gasteiger charge is -2.16. The molecule has 1 heterocycles. The number of halogens is 1. The van der Waals surface area contributed by atoms with Crippen molar-refractivity contribution < 1.29 is 23.1 Å². The van der Waals surface area contributed by atoms with E-state index in [4.69, 9.17) is 11.6 Å². The van der Waals surface area contributed by atoms with E-state index in [0.717, 1.165) is 5.56 Å². The van der Waals surface area contributed by atoms with Gasteiger partial charge in [-0.25, -0.2) is 13.4 Å². The molecular formula is C23H22ClN3O5S. The minimum Gasteiger partial charge on any atom is -0.506 e. The highest BCUT2D eigenvalue weighted by atomic mass is 35.5. The fourth-order valence-corrected chi connectivity index (χ4v) is 4.70. The predicted molar refractivity (Wildman–Crippen MR) is 126 cm³/mol. The lowest BCUT2D eigenvalue weighted by molar-refractivity contribution is -0.115. The number of pyridine rings is 1. The Hall–Kier alpha value is -3.43. The van der Waals surface area contributed by atoms with Crippen LogP contribution in [0.1, 0.15) is 29.3 Å². The molecule has 0 saturated heterocycles. The van der Waals surface area contributed by atoms with E-state index < -0.39 is 26.9 Å². The molecule has 33 heavy (non-hydrogen) atoms. The highest BCUT2D eigenvalue weighted by molar-refractivity contribution is 7.92. The molecule has 1 aromatic heterocycles. The molecule has 0 spiro atoms. The number of rotatable bonds is 7. The number of hydrogen-bond acceptors (Lipinski definition) is 6. The summed E-state index contributed by atoms with van der Waals surface area (Å²) in [4.78, 5) is 28.9. The zero-order valence-electron chi connectivity index (χ0n) is 17.9. The van der Waals surface area contributed by atoms with E-state index in [2.05, 4.69) is 15.6 Å². The van der Waals surface area contributed by atoms with E-state index in [1.807, 2.05) is 6.92 Å². The molecule has 0 aliphatic carbocycles. The number of aryl methyl sites for hydroxylation is 1. The first-order chi connectivity index (χ1) is 15.6. The predicted octanol–water partition coefficient (Wildman–Crippen LogP) is 4.19. The second kappa shape index (κ2) is 10.0. The highest BCUT2D eigenvalue weighted by Gasteiger charge is 2.33. The van der Waals surface area contributed by atoms with Crippen molar-refractivity contribution in [3.8, 4) is 5.75 Å². The number of sulfone groups is 1. The van der Waals surface area contributed by atoms with Gasteiger partial charge in [-0.15, -0.1) is 0 Å². The number of aromatic hydroxyl groups is 1. The van der Waals surface area contributed by atoms with Crippen molar-refractivity contribution in [1.82, 2.24) is 4.98 Å². The minimum atomic E-state index is -4.06. The average Bonchev–Trinajstić information content (AvgIpc) is 2.76. The molecule has 3 N–H and O–H groups in total. The van der Waals surface area contributed by atoms with E-state index >= 15 is 0 Å². The summed E-state index contributed by atoms with van der Waals surface area (Å²) in [6, 6.07) is 13.6. The molecule has 3 aromatic rings. The number of anilines is 2. The molecule has 0 saturated carbocycles. The Bertz CT molecular complexity index is 1280. The van der Waals surface area contributed by atoms with Crippen LogP contribution in [0.2, 0.25) is 5.02 Å². The maximum atomic E-state index is 12.8. The Morgan fingerprint density at radius 1 is 1.06 bits per heavy atom. The van der Waals surface area contributed by atoms with E-state index in [1.54, 1.807) is 31.2 Å². The fourth-order valence-electron chi connectivity index (χ4n) is 3.06. The van der Waals surface area contributed by atoms with E-state index in [1.165, 1.54) is 36.5 Å². The van der Waals surface area contributed by atoms with E-state index in [0.29, 0.717) is 5.56 Å². The number of aromatic nitrogens is 1. The summed E-state index contributed by atoms with van der Waals surface area (Å²) in [6.07, 6.45) is 1.20. The minimum absolute atomic E-state index is 0.00907. The molecule has 0 fully saturated rings. The Kier molecular flexibility index (Phi) is 7.35. The third-order valence-corrected chi connectivity index (χ3v) is 7.20. The van der Waals surface area contributed by atoms with Crippen LogP contribution in [0.4, 0.5) is 11.4 Å². The van der Waals surface area contributed by atoms with Gasteiger partial charge in [-0.3, -0.25) is 9.59 Å². The summed E-state index contributed by atoms with van der Waals surface area (Å²) in [5.74, 6) is -1.47. The van der Waals surface area contributed by atoms with Crippen LogP contribution in [0.25, 0.3) is 0 Å². The van der Waals surface area contributed by atoms with Crippen molar-refractivity contribution in [3.63, 3.8) is 0 Å². The fraction of sp³-hybridized carbons (Fsp3) is 0.174. The number of nitrogens with one attached hydrogen (secondary N) is 2. The van der Waals surface area contributed by atoms with Crippen LogP contribution in [0.15, 0.2) is 65.8 Å². The number of nitrogens with zero attached hydrogens (tertiary/aromatic N) is 1. The first-order valence-corrected chi connectivity index (χ1v) is 11.9. The normalized spacial score (nSPS) is 12.1. The van der Waals surface area contributed by atoms with Crippen LogP contribution in [-0.4, -0.2) is 35.6 Å². The summed E-state index contributed by atoms with van der Waals surface area (Å²) < 4.78 is 25.7. The van der Waals surface area contributed by atoms with Gasteiger partial charge in [0.2, 0.25) is 15.7 Å². The first kappa shape index (κ1) is 24.2. The smallest absolute Gasteiger partial charge is 0.255 e. The number of carbonyl (C=O) groups is 2. The first-order valence-electron chi connectivity index (χ1n) is 9.99. The van der Waals surface area contributed by atoms with E-state index in [9.17, 15) is 23.1 Å². The second-order valence-electron chi connectivity index (χ2n) is 7.30. The van der Waals surface area contributed by atoms with Gasteiger partial charge < -0.3 is 15.7 Å². The van der Waals surface area contributed by atoms with Gasteiger partial charge >= 0.3 is 0 Å². The quantitative estimate of drug-likeness (QED) is 0.429. The molecule has 0 aliphatic heterocycles. The molecular weight excluding hydrogens is 466 g/mol. The van der Waals surface area contributed by atoms with Gasteiger partial charge in [-0.1, -0.05) is 36.2 Å². The molecule has 2 amide bonds. The van der Waals surface area contributed by atoms with Gasteiger partial charge in [0.15, 0.2) is 5.03 Å². The van der Waals surface area contributed by atoms with Crippen molar-refractivity contribution >= 4 is 44.6 Å². The van der Waals surface area contributed by atoms with Crippen LogP contribution in [0, 0.1) is 6.92 Å². The summed E-state index contributed by atoms with van der Waals surface area (Å²) in [5, 5.41) is 14.0. The van der Waals surface area contributed by atoms with Crippen molar-refractivity contribution in [2.45, 2.75) is 30.5 Å². The molecule has 0 bridgehead atoms. The molecule has 0 aliphatic rings. The van der Waals surface area contributed by atoms with Crippen molar-refractivity contribution in [2.24, 2.45) is 0 Å². The number of benzene rings is 2. The van der Waals surface area contributed by atoms with Gasteiger partial charge in [-0.05, 0) is 49.7 Å². The van der Waals surface area contributed by atoms with Crippen LogP contribution < -0.4 is 10.6 Å². The zero-order valence-corrected chi connectivity index (χ0v) is 19.4. The zero-order chi connectivity index (χ0) is 24.2. The van der Waals surface area contributed by atoms with Crippen LogP contribution in [0.5, 0.6) is 5.75 Å². The van der Waals surface area contributed by atoms with Crippen molar-refractivity contribution in [3.05, 3.63) is 76.9 Å². The second-order valence-corrected chi connectivity index (χ2v) is 9.81. The lowest BCUT2D eigenvalue weighted by atomic mass is 10.1. The lowest BCUT2D eigenvalue weighted by Crippen LogP contribution is -2.35. The van der Waals surface area contributed by atoms with E-state index in [-0.39, 0.29) is 33.6 Å². The summed E-state index contributed by atoms with van der Waals surface area (Å²) in [7, 11) is -4.06. The SMILES string of the molecule is CCC(C(=O)Nc1ccc(NC(=O)c2ccc(C)cc2)c(O)c1)S(=O)(=O)c1ccc(Cl)cn1. The molecule has 1 atom stereocenters. The maximum absolute atomic E-state index is 12.8. The Morgan fingerprint density at radius 3 is 2.33 bits per heavy atom. The molecule has 10 heteroatoms. The summed E-state index contributed by atoms with van der Waals surface area (Å²) in [5.41, 5.74) is 1.74. The Balaban J connectivity index is 1.74. The van der Waals surface area contributed by atoms with Crippen LogP contribution in [0.3, 0.4) is 0 Å². The number of amides is 2. The molecule has 1 unspecified atom stereocenters. The summed E-state index contributed by atoms with van der Waals surface area (Å²) in [6.45, 7) is 3.47. The van der Waals surface area contributed by atoms with Gasteiger partial charge in [0.25, 0.3) is 5.91 Å². The summed E-state index contributed by atoms with van der Waals surface area (Å²) >= 11 is 5.76. The third kappa shape index (κ3) is 5.68. The van der Waals surface area contributed by atoms with Crippen LogP contribution >= 0.6 is 11.6 Å².